The lowest BCUT2D eigenvalue weighted by molar-refractivity contribution is 0.412. The van der Waals surface area contributed by atoms with E-state index in [9.17, 15) is 0 Å². The van der Waals surface area contributed by atoms with E-state index in [0.29, 0.717) is 11.6 Å². The molecule has 0 aliphatic rings. The number of nitrogens with one attached hydrogen (secondary N) is 2. The van der Waals surface area contributed by atoms with Crippen LogP contribution in [0.1, 0.15) is 0 Å². The predicted molar refractivity (Wildman–Crippen MR) is 73.8 cm³/mol. The summed E-state index contributed by atoms with van der Waals surface area (Å²) in [6.07, 6.45) is 3.14. The van der Waals surface area contributed by atoms with E-state index in [1.807, 2.05) is 18.2 Å². The van der Waals surface area contributed by atoms with Crippen LogP contribution in [0.4, 0.5) is 17.3 Å². The van der Waals surface area contributed by atoms with Gasteiger partial charge in [0.2, 0.25) is 0 Å². The minimum atomic E-state index is 0.490. The van der Waals surface area contributed by atoms with E-state index >= 15 is 0 Å². The summed E-state index contributed by atoms with van der Waals surface area (Å²) < 4.78 is 6.10. The molecule has 1 heterocycles. The Kier molecular flexibility index (Phi) is 3.96. The SMILES string of the molecule is COc1cc(Nc2cncc(NN)n2)ccc1Br. The van der Waals surface area contributed by atoms with Gasteiger partial charge in [0.25, 0.3) is 0 Å². The zero-order valence-corrected chi connectivity index (χ0v) is 11.2. The van der Waals surface area contributed by atoms with Crippen LogP contribution < -0.4 is 21.3 Å². The van der Waals surface area contributed by atoms with E-state index in [0.717, 1.165) is 15.9 Å². The minimum Gasteiger partial charge on any atom is -0.495 e. The highest BCUT2D eigenvalue weighted by Crippen LogP contribution is 2.28. The van der Waals surface area contributed by atoms with Crippen molar-refractivity contribution in [2.45, 2.75) is 0 Å². The second kappa shape index (κ2) is 5.65. The van der Waals surface area contributed by atoms with E-state index < -0.39 is 0 Å². The van der Waals surface area contributed by atoms with Crippen molar-refractivity contribution in [2.75, 3.05) is 17.9 Å². The molecule has 6 nitrogen and oxygen atoms in total. The van der Waals surface area contributed by atoms with Gasteiger partial charge in [0.1, 0.15) is 5.75 Å². The molecule has 1 aromatic heterocycles. The first kappa shape index (κ1) is 12.6. The third-order valence-electron chi connectivity index (χ3n) is 2.21. The molecule has 0 saturated heterocycles. The highest BCUT2D eigenvalue weighted by atomic mass is 79.9. The Labute approximate surface area is 113 Å². The Balaban J connectivity index is 2.22. The van der Waals surface area contributed by atoms with Crippen LogP contribution in [-0.2, 0) is 0 Å². The van der Waals surface area contributed by atoms with E-state index in [4.69, 9.17) is 10.6 Å². The first-order valence-corrected chi connectivity index (χ1v) is 5.91. The molecule has 7 heteroatoms. The molecular formula is C11H12BrN5O. The third kappa shape index (κ3) is 2.88. The summed E-state index contributed by atoms with van der Waals surface area (Å²) in [5, 5.41) is 3.11. The van der Waals surface area contributed by atoms with Crippen LogP contribution in [0.25, 0.3) is 0 Å². The molecule has 4 N–H and O–H groups in total. The number of rotatable bonds is 4. The largest absolute Gasteiger partial charge is 0.495 e. The van der Waals surface area contributed by atoms with Crippen molar-refractivity contribution in [3.63, 3.8) is 0 Å². The molecule has 0 bridgehead atoms. The normalized spacial score (nSPS) is 9.94. The maximum Gasteiger partial charge on any atom is 0.160 e. The second-order valence-corrected chi connectivity index (χ2v) is 4.26. The van der Waals surface area contributed by atoms with E-state index in [2.05, 4.69) is 36.6 Å². The van der Waals surface area contributed by atoms with Gasteiger partial charge < -0.3 is 15.5 Å². The molecule has 0 amide bonds. The van der Waals surface area contributed by atoms with Gasteiger partial charge in [0.05, 0.1) is 24.0 Å². The van der Waals surface area contributed by atoms with Crippen molar-refractivity contribution in [3.05, 3.63) is 35.1 Å². The Hall–Kier alpha value is -1.86. The molecule has 0 saturated carbocycles. The number of anilines is 3. The van der Waals surface area contributed by atoms with Gasteiger partial charge in [0, 0.05) is 11.8 Å². The molecule has 18 heavy (non-hydrogen) atoms. The topological polar surface area (TPSA) is 85.1 Å². The van der Waals surface area contributed by atoms with Crippen molar-refractivity contribution in [3.8, 4) is 5.75 Å². The number of ether oxygens (including phenoxy) is 1. The number of hydrogen-bond acceptors (Lipinski definition) is 6. The standard InChI is InChI=1S/C11H12BrN5O/c1-18-9-4-7(2-3-8(9)12)15-10-5-14-6-11(16-10)17-13/h2-6H,13H2,1H3,(H2,15,16,17). The highest BCUT2D eigenvalue weighted by Gasteiger charge is 2.03. The lowest BCUT2D eigenvalue weighted by atomic mass is 10.3. The van der Waals surface area contributed by atoms with Crippen LogP contribution in [0.3, 0.4) is 0 Å². The van der Waals surface area contributed by atoms with Gasteiger partial charge in [-0.1, -0.05) is 0 Å². The molecule has 0 fully saturated rings. The monoisotopic (exact) mass is 309 g/mol. The summed E-state index contributed by atoms with van der Waals surface area (Å²) in [6, 6.07) is 5.64. The van der Waals surface area contributed by atoms with Gasteiger partial charge in [0.15, 0.2) is 11.6 Å². The molecule has 0 aliphatic heterocycles. The fourth-order valence-corrected chi connectivity index (χ4v) is 1.79. The van der Waals surface area contributed by atoms with Crippen LogP contribution in [0.5, 0.6) is 5.75 Å². The molecule has 94 valence electrons. The summed E-state index contributed by atoms with van der Waals surface area (Å²) >= 11 is 3.39. The Morgan fingerprint density at radius 2 is 2.06 bits per heavy atom. The van der Waals surface area contributed by atoms with Crippen LogP contribution in [0, 0.1) is 0 Å². The number of hydrogen-bond donors (Lipinski definition) is 3. The molecule has 2 aromatic rings. The molecule has 0 aliphatic carbocycles. The van der Waals surface area contributed by atoms with Gasteiger partial charge in [-0.05, 0) is 28.1 Å². The number of nitrogen functional groups attached to an aromatic ring is 1. The van der Waals surface area contributed by atoms with Gasteiger partial charge >= 0.3 is 0 Å². The number of aromatic nitrogens is 2. The van der Waals surface area contributed by atoms with Gasteiger partial charge in [-0.15, -0.1) is 0 Å². The predicted octanol–water partition coefficient (Wildman–Crippen LogP) is 2.28. The average molecular weight is 310 g/mol. The van der Waals surface area contributed by atoms with E-state index in [-0.39, 0.29) is 0 Å². The van der Waals surface area contributed by atoms with Crippen LogP contribution >= 0.6 is 15.9 Å². The first-order valence-electron chi connectivity index (χ1n) is 5.12. The van der Waals surface area contributed by atoms with Crippen molar-refractivity contribution < 1.29 is 4.74 Å². The molecule has 0 radical (unpaired) electrons. The maximum atomic E-state index is 5.27. The lowest BCUT2D eigenvalue weighted by Crippen LogP contribution is -2.09. The van der Waals surface area contributed by atoms with Crippen molar-refractivity contribution in [1.29, 1.82) is 0 Å². The maximum absolute atomic E-state index is 5.27. The Morgan fingerprint density at radius 3 is 2.78 bits per heavy atom. The smallest absolute Gasteiger partial charge is 0.160 e. The number of benzene rings is 1. The van der Waals surface area contributed by atoms with E-state index in [1.165, 1.54) is 6.20 Å². The summed E-state index contributed by atoms with van der Waals surface area (Å²) in [6.45, 7) is 0. The molecule has 0 spiro atoms. The van der Waals surface area contributed by atoms with Crippen LogP contribution in [0.2, 0.25) is 0 Å². The molecular weight excluding hydrogens is 298 g/mol. The van der Waals surface area contributed by atoms with Gasteiger partial charge in [-0.25, -0.2) is 10.8 Å². The summed E-state index contributed by atoms with van der Waals surface area (Å²) in [5.74, 6) is 7.09. The van der Waals surface area contributed by atoms with Crippen molar-refractivity contribution >= 4 is 33.3 Å². The summed E-state index contributed by atoms with van der Waals surface area (Å²) in [4.78, 5) is 8.21. The molecule has 0 atom stereocenters. The number of halogens is 1. The van der Waals surface area contributed by atoms with Gasteiger partial charge in [-0.2, -0.15) is 0 Å². The zero-order chi connectivity index (χ0) is 13.0. The fraction of sp³-hybridized carbons (Fsp3) is 0.0909. The van der Waals surface area contributed by atoms with Crippen molar-refractivity contribution in [1.82, 2.24) is 9.97 Å². The lowest BCUT2D eigenvalue weighted by Gasteiger charge is -2.09. The fourth-order valence-electron chi connectivity index (χ4n) is 1.38. The second-order valence-electron chi connectivity index (χ2n) is 3.41. The molecule has 2 rings (SSSR count). The third-order valence-corrected chi connectivity index (χ3v) is 2.86. The molecule has 1 aromatic carbocycles. The van der Waals surface area contributed by atoms with E-state index in [1.54, 1.807) is 13.3 Å². The number of nitrogens with zero attached hydrogens (tertiary/aromatic N) is 2. The van der Waals surface area contributed by atoms with Crippen LogP contribution in [0.15, 0.2) is 35.1 Å². The van der Waals surface area contributed by atoms with Crippen molar-refractivity contribution in [2.24, 2.45) is 5.84 Å². The number of nitrogens with two attached hydrogens (primary N) is 1. The minimum absolute atomic E-state index is 0.490. The summed E-state index contributed by atoms with van der Waals surface area (Å²) in [7, 11) is 1.61. The zero-order valence-electron chi connectivity index (χ0n) is 9.64. The number of hydrazine groups is 1. The number of methoxy groups -OCH3 is 1. The average Bonchev–Trinajstić information content (AvgIpc) is 2.41. The Bertz CT molecular complexity index is 549. The first-order chi connectivity index (χ1) is 8.72. The Morgan fingerprint density at radius 1 is 1.28 bits per heavy atom. The molecule has 0 unspecified atom stereocenters. The summed E-state index contributed by atoms with van der Waals surface area (Å²) in [5.41, 5.74) is 3.28. The quantitative estimate of drug-likeness (QED) is 0.593. The van der Waals surface area contributed by atoms with Crippen LogP contribution in [-0.4, -0.2) is 17.1 Å². The highest BCUT2D eigenvalue weighted by molar-refractivity contribution is 9.10. The van der Waals surface area contributed by atoms with Gasteiger partial charge in [-0.3, -0.25) is 4.98 Å².